The van der Waals surface area contributed by atoms with E-state index >= 15 is 0 Å². The van der Waals surface area contributed by atoms with Crippen molar-refractivity contribution in [1.29, 1.82) is 0 Å². The molecule has 4 rings (SSSR count). The number of hydrogen-bond donors (Lipinski definition) is 0. The Morgan fingerprint density at radius 3 is 2.64 bits per heavy atom. The number of hydrogen-bond acceptors (Lipinski definition) is 6. The van der Waals surface area contributed by atoms with Crippen LogP contribution in [0.5, 0.6) is 0 Å². The number of piperazine rings is 1. The number of anilines is 1. The quantitative estimate of drug-likeness (QED) is 0.727. The van der Waals surface area contributed by atoms with Crippen LogP contribution >= 0.6 is 0 Å². The number of aromatic nitrogens is 4. The average Bonchev–Trinajstić information content (AvgIpc) is 3.40. The Labute approximate surface area is 165 Å². The summed E-state index contributed by atoms with van der Waals surface area (Å²) in [5.74, 6) is 0.760. The first-order valence-electron chi connectivity index (χ1n) is 10.4. The Morgan fingerprint density at radius 2 is 1.96 bits per heavy atom. The number of tetrazole rings is 1. The molecule has 0 amide bonds. The van der Waals surface area contributed by atoms with Gasteiger partial charge < -0.3 is 9.64 Å². The van der Waals surface area contributed by atoms with E-state index in [1.807, 2.05) is 16.8 Å². The summed E-state index contributed by atoms with van der Waals surface area (Å²) >= 11 is 0. The fourth-order valence-electron chi connectivity index (χ4n) is 4.25. The first kappa shape index (κ1) is 19.3. The van der Waals surface area contributed by atoms with E-state index in [1.54, 1.807) is 0 Å². The van der Waals surface area contributed by atoms with Crippen LogP contribution in [0, 0.1) is 5.82 Å². The molecule has 7 nitrogen and oxygen atoms in total. The van der Waals surface area contributed by atoms with E-state index in [2.05, 4.69) is 32.2 Å². The fourth-order valence-corrected chi connectivity index (χ4v) is 4.25. The summed E-state index contributed by atoms with van der Waals surface area (Å²) in [6.07, 6.45) is 4.53. The van der Waals surface area contributed by atoms with Gasteiger partial charge in [-0.1, -0.05) is 13.3 Å². The zero-order valence-electron chi connectivity index (χ0n) is 16.5. The summed E-state index contributed by atoms with van der Waals surface area (Å²) in [6, 6.07) is 6.99. The van der Waals surface area contributed by atoms with E-state index in [0.29, 0.717) is 0 Å². The van der Waals surface area contributed by atoms with Gasteiger partial charge in [-0.3, -0.25) is 4.90 Å². The molecule has 1 aromatic heterocycles. The molecule has 0 N–H and O–H groups in total. The second-order valence-electron chi connectivity index (χ2n) is 7.66. The zero-order valence-corrected chi connectivity index (χ0v) is 16.5. The Kier molecular flexibility index (Phi) is 6.17. The highest BCUT2D eigenvalue weighted by Gasteiger charge is 2.29. The molecule has 2 fully saturated rings. The molecule has 1 aromatic carbocycles. The highest BCUT2D eigenvalue weighted by atomic mass is 19.1. The lowest BCUT2D eigenvalue weighted by Gasteiger charge is -2.39. The number of nitrogens with zero attached hydrogens (tertiary/aromatic N) is 6. The van der Waals surface area contributed by atoms with E-state index in [9.17, 15) is 4.39 Å². The molecule has 2 atom stereocenters. The van der Waals surface area contributed by atoms with Gasteiger partial charge >= 0.3 is 0 Å². The number of rotatable bonds is 7. The minimum absolute atomic E-state index is 0.191. The molecule has 2 aliphatic rings. The third kappa shape index (κ3) is 4.33. The molecule has 2 saturated heterocycles. The number of halogens is 1. The lowest BCUT2D eigenvalue weighted by atomic mass is 10.1. The van der Waals surface area contributed by atoms with E-state index < -0.39 is 0 Å². The van der Waals surface area contributed by atoms with Gasteiger partial charge in [-0.25, -0.2) is 9.07 Å². The number of ether oxygens (including phenoxy) is 1. The Balaban J connectivity index is 1.43. The van der Waals surface area contributed by atoms with E-state index in [-0.39, 0.29) is 18.0 Å². The van der Waals surface area contributed by atoms with Gasteiger partial charge in [0, 0.05) is 38.5 Å². The summed E-state index contributed by atoms with van der Waals surface area (Å²) in [5.41, 5.74) is 1.08. The smallest absolute Gasteiger partial charge is 0.168 e. The van der Waals surface area contributed by atoms with Crippen molar-refractivity contribution in [2.24, 2.45) is 0 Å². The zero-order chi connectivity index (χ0) is 19.3. The summed E-state index contributed by atoms with van der Waals surface area (Å²) < 4.78 is 20.9. The van der Waals surface area contributed by atoms with Crippen LogP contribution in [0.1, 0.15) is 44.5 Å². The lowest BCUT2D eigenvalue weighted by Crippen LogP contribution is -2.48. The molecule has 0 unspecified atom stereocenters. The van der Waals surface area contributed by atoms with Crippen LogP contribution < -0.4 is 4.90 Å². The number of benzene rings is 1. The van der Waals surface area contributed by atoms with Gasteiger partial charge in [0.1, 0.15) is 5.82 Å². The molecule has 3 heterocycles. The van der Waals surface area contributed by atoms with Crippen molar-refractivity contribution in [2.45, 2.75) is 51.3 Å². The standard InChI is InChI=1S/C20H29FN6O/c1-2-4-19(20-22-23-24-27(20)15-18-5-3-14-28-18)26-12-10-25(11-13-26)17-8-6-16(21)7-9-17/h6-9,18-19H,2-5,10-15H2,1H3/t18-,19+/m1/s1. The van der Waals surface area contributed by atoms with Crippen molar-refractivity contribution in [3.63, 3.8) is 0 Å². The highest BCUT2D eigenvalue weighted by Crippen LogP contribution is 2.27. The third-order valence-corrected chi connectivity index (χ3v) is 5.77. The van der Waals surface area contributed by atoms with Crippen molar-refractivity contribution in [3.8, 4) is 0 Å². The van der Waals surface area contributed by atoms with Crippen molar-refractivity contribution < 1.29 is 9.13 Å². The molecule has 152 valence electrons. The summed E-state index contributed by atoms with van der Waals surface area (Å²) in [5, 5.41) is 12.6. The molecular weight excluding hydrogens is 359 g/mol. The van der Waals surface area contributed by atoms with Crippen molar-refractivity contribution in [3.05, 3.63) is 35.9 Å². The van der Waals surface area contributed by atoms with Crippen LogP contribution in [0.3, 0.4) is 0 Å². The van der Waals surface area contributed by atoms with Crippen molar-refractivity contribution in [2.75, 3.05) is 37.7 Å². The van der Waals surface area contributed by atoms with Gasteiger partial charge in [-0.15, -0.1) is 5.10 Å². The Bertz CT molecular complexity index is 737. The Morgan fingerprint density at radius 1 is 1.18 bits per heavy atom. The molecule has 8 heteroatoms. The predicted molar refractivity (Wildman–Crippen MR) is 105 cm³/mol. The van der Waals surface area contributed by atoms with E-state index in [0.717, 1.165) is 76.5 Å². The summed E-state index contributed by atoms with van der Waals surface area (Å²) in [7, 11) is 0. The maximum Gasteiger partial charge on any atom is 0.168 e. The first-order chi connectivity index (χ1) is 13.7. The maximum absolute atomic E-state index is 13.2. The van der Waals surface area contributed by atoms with Crippen LogP contribution in [0.15, 0.2) is 24.3 Å². The lowest BCUT2D eigenvalue weighted by molar-refractivity contribution is 0.0891. The van der Waals surface area contributed by atoms with Gasteiger partial charge in [-0.2, -0.15) is 0 Å². The second kappa shape index (κ2) is 8.96. The van der Waals surface area contributed by atoms with Gasteiger partial charge in [0.2, 0.25) is 0 Å². The second-order valence-corrected chi connectivity index (χ2v) is 7.66. The van der Waals surface area contributed by atoms with Gasteiger partial charge in [0.25, 0.3) is 0 Å². The van der Waals surface area contributed by atoms with Crippen LogP contribution in [-0.2, 0) is 11.3 Å². The predicted octanol–water partition coefficient (Wildman–Crippen LogP) is 2.65. The average molecular weight is 388 g/mol. The molecule has 0 saturated carbocycles. The molecule has 2 aromatic rings. The molecule has 0 spiro atoms. The largest absolute Gasteiger partial charge is 0.376 e. The van der Waals surface area contributed by atoms with Crippen LogP contribution in [0.2, 0.25) is 0 Å². The normalized spacial score (nSPS) is 21.9. The third-order valence-electron chi connectivity index (χ3n) is 5.77. The summed E-state index contributed by atoms with van der Waals surface area (Å²) in [6.45, 7) is 7.49. The summed E-state index contributed by atoms with van der Waals surface area (Å²) in [4.78, 5) is 4.80. The molecule has 0 bridgehead atoms. The van der Waals surface area contributed by atoms with E-state index in [4.69, 9.17) is 4.74 Å². The monoisotopic (exact) mass is 388 g/mol. The minimum Gasteiger partial charge on any atom is -0.376 e. The van der Waals surface area contributed by atoms with Gasteiger partial charge in [0.15, 0.2) is 5.82 Å². The highest BCUT2D eigenvalue weighted by molar-refractivity contribution is 5.46. The minimum atomic E-state index is -0.191. The first-order valence-corrected chi connectivity index (χ1v) is 10.4. The van der Waals surface area contributed by atoms with Gasteiger partial charge in [0.05, 0.1) is 18.7 Å². The molecule has 2 aliphatic heterocycles. The van der Waals surface area contributed by atoms with Gasteiger partial charge in [-0.05, 0) is 54.0 Å². The van der Waals surface area contributed by atoms with Crippen LogP contribution in [0.25, 0.3) is 0 Å². The molecule has 0 radical (unpaired) electrons. The fraction of sp³-hybridized carbons (Fsp3) is 0.650. The molecule has 0 aliphatic carbocycles. The van der Waals surface area contributed by atoms with Crippen molar-refractivity contribution >= 4 is 5.69 Å². The SMILES string of the molecule is CCC[C@@H](c1nnnn1C[C@H]1CCCO1)N1CCN(c2ccc(F)cc2)CC1. The molecular formula is C20H29FN6O. The van der Waals surface area contributed by atoms with E-state index in [1.165, 1.54) is 12.1 Å². The van der Waals surface area contributed by atoms with Crippen molar-refractivity contribution in [1.82, 2.24) is 25.1 Å². The topological polar surface area (TPSA) is 59.3 Å². The molecule has 28 heavy (non-hydrogen) atoms. The van der Waals surface area contributed by atoms with Crippen LogP contribution in [-0.4, -0.2) is 64.0 Å². The maximum atomic E-state index is 13.2. The van der Waals surface area contributed by atoms with Crippen LogP contribution in [0.4, 0.5) is 10.1 Å². The Hall–Kier alpha value is -2.06.